The average molecular weight is 465 g/mol. The summed E-state index contributed by atoms with van der Waals surface area (Å²) in [5.41, 5.74) is 1.06. The molecule has 6 nitrogen and oxygen atoms in total. The first-order valence-electron chi connectivity index (χ1n) is 11.7. The molecule has 3 fully saturated rings. The highest BCUT2D eigenvalue weighted by Gasteiger charge is 2.59. The van der Waals surface area contributed by atoms with E-state index in [9.17, 15) is 9.59 Å². The maximum Gasteiger partial charge on any atom is 0.246 e. The lowest BCUT2D eigenvalue weighted by molar-refractivity contribution is -0.134. The number of hydrogen-bond donors (Lipinski definition) is 0. The van der Waals surface area contributed by atoms with Crippen LogP contribution >= 0.6 is 11.6 Å². The predicted molar refractivity (Wildman–Crippen MR) is 130 cm³/mol. The van der Waals surface area contributed by atoms with E-state index in [0.717, 1.165) is 69.9 Å². The van der Waals surface area contributed by atoms with E-state index >= 15 is 0 Å². The van der Waals surface area contributed by atoms with Gasteiger partial charge in [-0.05, 0) is 60.6 Å². The van der Waals surface area contributed by atoms with Gasteiger partial charge in [0.05, 0.1) is 0 Å². The number of amides is 2. The molecule has 1 aromatic carbocycles. The van der Waals surface area contributed by atoms with Gasteiger partial charge in [-0.1, -0.05) is 29.8 Å². The van der Waals surface area contributed by atoms with Crippen molar-refractivity contribution in [3.05, 3.63) is 65.3 Å². The molecule has 7 heteroatoms. The van der Waals surface area contributed by atoms with Crippen LogP contribution in [0.4, 0.5) is 5.82 Å². The zero-order valence-electron chi connectivity index (χ0n) is 18.7. The van der Waals surface area contributed by atoms with Crippen molar-refractivity contribution in [1.29, 1.82) is 0 Å². The number of likely N-dealkylation sites (tertiary alicyclic amines) is 1. The third-order valence-electron chi connectivity index (χ3n) is 7.41. The molecule has 172 valence electrons. The summed E-state index contributed by atoms with van der Waals surface area (Å²) < 4.78 is 0. The molecule has 2 amide bonds. The van der Waals surface area contributed by atoms with Crippen LogP contribution in [0.5, 0.6) is 0 Å². The largest absolute Gasteiger partial charge is 0.353 e. The van der Waals surface area contributed by atoms with Crippen LogP contribution in [0.3, 0.4) is 0 Å². The minimum absolute atomic E-state index is 0.0361. The fourth-order valence-corrected chi connectivity index (χ4v) is 5.31. The highest BCUT2D eigenvalue weighted by Crippen LogP contribution is 2.60. The van der Waals surface area contributed by atoms with Crippen molar-refractivity contribution in [3.8, 4) is 0 Å². The summed E-state index contributed by atoms with van der Waals surface area (Å²) in [5.74, 6) is 1.45. The normalized spacial score (nSPS) is 22.1. The van der Waals surface area contributed by atoms with Gasteiger partial charge in [-0.3, -0.25) is 9.59 Å². The SMILES string of the molecule is O=C(/C=C/c1ccc(Cl)cc1)N1CCC2(CC1)C[C@H]2C(=O)N1CCN(c2ccccn2)CC1. The highest BCUT2D eigenvalue weighted by molar-refractivity contribution is 6.30. The molecule has 2 aliphatic heterocycles. The van der Waals surface area contributed by atoms with Gasteiger partial charge in [-0.2, -0.15) is 0 Å². The number of hydrogen-bond acceptors (Lipinski definition) is 4. The van der Waals surface area contributed by atoms with Gasteiger partial charge in [-0.15, -0.1) is 0 Å². The lowest BCUT2D eigenvalue weighted by Gasteiger charge is -2.37. The van der Waals surface area contributed by atoms with Crippen molar-refractivity contribution in [2.45, 2.75) is 19.3 Å². The molecular weight excluding hydrogens is 436 g/mol. The molecule has 0 radical (unpaired) electrons. The van der Waals surface area contributed by atoms with Crippen molar-refractivity contribution in [3.63, 3.8) is 0 Å². The number of nitrogens with zero attached hydrogens (tertiary/aromatic N) is 4. The lowest BCUT2D eigenvalue weighted by Crippen LogP contribution is -2.50. The monoisotopic (exact) mass is 464 g/mol. The first-order chi connectivity index (χ1) is 16.0. The quantitative estimate of drug-likeness (QED) is 0.647. The van der Waals surface area contributed by atoms with Crippen molar-refractivity contribution in [2.75, 3.05) is 44.2 Å². The van der Waals surface area contributed by atoms with E-state index in [4.69, 9.17) is 11.6 Å². The van der Waals surface area contributed by atoms with E-state index in [-0.39, 0.29) is 17.2 Å². The van der Waals surface area contributed by atoms with Gasteiger partial charge in [0, 0.05) is 62.5 Å². The fourth-order valence-electron chi connectivity index (χ4n) is 5.19. The molecule has 0 unspecified atom stereocenters. The molecule has 1 atom stereocenters. The Hall–Kier alpha value is -2.86. The number of piperidine rings is 1. The highest BCUT2D eigenvalue weighted by atomic mass is 35.5. The molecule has 2 aromatic rings. The minimum Gasteiger partial charge on any atom is -0.353 e. The lowest BCUT2D eigenvalue weighted by atomic mass is 9.90. The Morgan fingerprint density at radius 1 is 0.939 bits per heavy atom. The Morgan fingerprint density at radius 2 is 1.67 bits per heavy atom. The smallest absolute Gasteiger partial charge is 0.246 e. The molecule has 1 aliphatic carbocycles. The van der Waals surface area contributed by atoms with Gasteiger partial charge < -0.3 is 14.7 Å². The number of piperazine rings is 1. The van der Waals surface area contributed by atoms with Crippen LogP contribution < -0.4 is 4.90 Å². The van der Waals surface area contributed by atoms with Crippen molar-refractivity contribution >= 4 is 35.3 Å². The number of carbonyl (C=O) groups excluding carboxylic acids is 2. The van der Waals surface area contributed by atoms with E-state index < -0.39 is 0 Å². The van der Waals surface area contributed by atoms with Crippen LogP contribution in [-0.2, 0) is 9.59 Å². The van der Waals surface area contributed by atoms with E-state index in [1.807, 2.05) is 64.5 Å². The summed E-state index contributed by atoms with van der Waals surface area (Å²) >= 11 is 5.91. The van der Waals surface area contributed by atoms with Crippen LogP contribution in [0, 0.1) is 11.3 Å². The Labute approximate surface area is 199 Å². The van der Waals surface area contributed by atoms with Gasteiger partial charge in [0.15, 0.2) is 0 Å². The molecule has 2 saturated heterocycles. The number of rotatable bonds is 4. The first-order valence-corrected chi connectivity index (χ1v) is 12.1. The number of benzene rings is 1. The number of aromatic nitrogens is 1. The van der Waals surface area contributed by atoms with Crippen molar-refractivity contribution in [2.24, 2.45) is 11.3 Å². The summed E-state index contributed by atoms with van der Waals surface area (Å²) in [7, 11) is 0. The van der Waals surface area contributed by atoms with Crippen LogP contribution in [0.1, 0.15) is 24.8 Å². The zero-order valence-corrected chi connectivity index (χ0v) is 19.5. The molecule has 1 saturated carbocycles. The molecule has 0 N–H and O–H groups in total. The van der Waals surface area contributed by atoms with Gasteiger partial charge in [0.1, 0.15) is 5.82 Å². The van der Waals surface area contributed by atoms with Crippen molar-refractivity contribution in [1.82, 2.24) is 14.8 Å². The zero-order chi connectivity index (χ0) is 22.8. The van der Waals surface area contributed by atoms with E-state index in [0.29, 0.717) is 10.9 Å². The van der Waals surface area contributed by atoms with Gasteiger partial charge in [0.2, 0.25) is 11.8 Å². The van der Waals surface area contributed by atoms with E-state index in [1.54, 1.807) is 6.08 Å². The van der Waals surface area contributed by atoms with Crippen LogP contribution in [0.25, 0.3) is 6.08 Å². The molecule has 3 heterocycles. The fraction of sp³-hybridized carbons (Fsp3) is 0.423. The van der Waals surface area contributed by atoms with Crippen molar-refractivity contribution < 1.29 is 9.59 Å². The summed E-state index contributed by atoms with van der Waals surface area (Å²) in [6, 6.07) is 13.4. The number of pyridine rings is 1. The summed E-state index contributed by atoms with van der Waals surface area (Å²) in [6.07, 6.45) is 8.07. The summed E-state index contributed by atoms with van der Waals surface area (Å²) in [4.78, 5) is 36.4. The molecule has 5 rings (SSSR count). The Bertz CT molecular complexity index is 1020. The van der Waals surface area contributed by atoms with Crippen LogP contribution in [-0.4, -0.2) is 65.9 Å². The second-order valence-corrected chi connectivity index (χ2v) is 9.77. The molecule has 3 aliphatic rings. The minimum atomic E-state index is 0.0361. The third-order valence-corrected chi connectivity index (χ3v) is 7.66. The molecule has 33 heavy (non-hydrogen) atoms. The van der Waals surface area contributed by atoms with Gasteiger partial charge >= 0.3 is 0 Å². The molecule has 0 bridgehead atoms. The van der Waals surface area contributed by atoms with Crippen LogP contribution in [0.15, 0.2) is 54.7 Å². The Kier molecular flexibility index (Phi) is 6.11. The van der Waals surface area contributed by atoms with E-state index in [1.165, 1.54) is 0 Å². The second-order valence-electron chi connectivity index (χ2n) is 9.33. The Balaban J connectivity index is 1.09. The summed E-state index contributed by atoms with van der Waals surface area (Å²) in [6.45, 7) is 4.60. The predicted octanol–water partition coefficient (Wildman–Crippen LogP) is 3.73. The number of halogens is 1. The maximum absolute atomic E-state index is 13.2. The van der Waals surface area contributed by atoms with E-state index in [2.05, 4.69) is 9.88 Å². The van der Waals surface area contributed by atoms with Gasteiger partial charge in [0.25, 0.3) is 0 Å². The number of anilines is 1. The molecular formula is C26H29ClN4O2. The molecule has 1 aromatic heterocycles. The van der Waals surface area contributed by atoms with Crippen LogP contribution in [0.2, 0.25) is 5.02 Å². The second kappa shape index (κ2) is 9.18. The molecule has 1 spiro atoms. The first kappa shape index (κ1) is 22.0. The average Bonchev–Trinajstić information content (AvgIpc) is 3.57. The Morgan fingerprint density at radius 3 is 2.33 bits per heavy atom. The van der Waals surface area contributed by atoms with Gasteiger partial charge in [-0.25, -0.2) is 4.98 Å². The number of carbonyl (C=O) groups is 2. The maximum atomic E-state index is 13.2. The topological polar surface area (TPSA) is 56.8 Å². The third kappa shape index (κ3) is 4.76. The summed E-state index contributed by atoms with van der Waals surface area (Å²) in [5, 5.41) is 0.684. The standard InChI is InChI=1S/C26H29ClN4O2/c27-21-7-4-20(5-8-21)6-9-24(32)30-13-10-26(11-14-30)19-22(26)25(33)31-17-15-29(16-18-31)23-3-1-2-12-28-23/h1-9,12,22H,10-11,13-19H2/b9-6+/t22-/m0/s1.